The van der Waals surface area contributed by atoms with Crippen LogP contribution in [0.15, 0.2) is 18.2 Å². The normalized spacial score (nSPS) is 21.0. The van der Waals surface area contributed by atoms with Crippen molar-refractivity contribution < 1.29 is 9.53 Å². The fraction of sp³-hybridized carbons (Fsp3) is 0.632. The van der Waals surface area contributed by atoms with E-state index < -0.39 is 5.41 Å². The van der Waals surface area contributed by atoms with Gasteiger partial charge in [-0.2, -0.15) is 0 Å². The zero-order valence-electron chi connectivity index (χ0n) is 14.2. The highest BCUT2D eigenvalue weighted by Crippen LogP contribution is 2.43. The monoisotopic (exact) mass is 316 g/mol. The van der Waals surface area contributed by atoms with Gasteiger partial charge in [0, 0.05) is 12.6 Å². The number of aryl methyl sites for hydroxylation is 1. The maximum Gasteiger partial charge on any atom is 0.230 e. The molecule has 2 aliphatic rings. The molecule has 4 nitrogen and oxygen atoms in total. The van der Waals surface area contributed by atoms with Crippen LogP contribution in [0.25, 0.3) is 0 Å². The lowest BCUT2D eigenvalue weighted by Crippen LogP contribution is -2.50. The highest BCUT2D eigenvalue weighted by atomic mass is 16.5. The van der Waals surface area contributed by atoms with Gasteiger partial charge in [0.15, 0.2) is 0 Å². The van der Waals surface area contributed by atoms with E-state index in [0.29, 0.717) is 12.5 Å². The number of nitrogens with one attached hydrogen (secondary N) is 1. The fourth-order valence-corrected chi connectivity index (χ4v) is 3.92. The number of amides is 1. The average Bonchev–Trinajstić information content (AvgIpc) is 3.28. The number of hydrogen-bond acceptors (Lipinski definition) is 3. The summed E-state index contributed by atoms with van der Waals surface area (Å²) in [6.45, 7) is 2.56. The zero-order valence-corrected chi connectivity index (χ0v) is 14.2. The molecule has 1 atom stereocenters. The van der Waals surface area contributed by atoms with E-state index in [9.17, 15) is 4.79 Å². The summed E-state index contributed by atoms with van der Waals surface area (Å²) in [7, 11) is 1.69. The molecular formula is C19H28N2O2. The van der Waals surface area contributed by atoms with Crippen LogP contribution in [0, 0.1) is 12.8 Å². The quantitative estimate of drug-likeness (QED) is 0.848. The molecule has 3 N–H and O–H groups in total. The number of ether oxygens (including phenoxy) is 1. The van der Waals surface area contributed by atoms with Gasteiger partial charge < -0.3 is 15.8 Å². The van der Waals surface area contributed by atoms with Crippen LogP contribution >= 0.6 is 0 Å². The highest BCUT2D eigenvalue weighted by molar-refractivity contribution is 5.89. The van der Waals surface area contributed by atoms with Gasteiger partial charge in [-0.15, -0.1) is 0 Å². The SMILES string of the molecule is COc1cc(C2(C(=O)NC(CN)C3CC3)CCCC2)ccc1C. The molecule has 4 heteroatoms. The van der Waals surface area contributed by atoms with Crippen molar-refractivity contribution in [3.63, 3.8) is 0 Å². The third-order valence-electron chi connectivity index (χ3n) is 5.61. The Balaban J connectivity index is 1.88. The molecule has 23 heavy (non-hydrogen) atoms. The first kappa shape index (κ1) is 16.3. The Morgan fingerprint density at radius 3 is 2.65 bits per heavy atom. The number of nitrogens with two attached hydrogens (primary N) is 1. The number of carbonyl (C=O) groups is 1. The van der Waals surface area contributed by atoms with E-state index in [1.165, 1.54) is 12.8 Å². The molecule has 0 aliphatic heterocycles. The Hall–Kier alpha value is -1.55. The Kier molecular flexibility index (Phi) is 4.62. The van der Waals surface area contributed by atoms with Crippen LogP contribution in [0.3, 0.4) is 0 Å². The summed E-state index contributed by atoms with van der Waals surface area (Å²) in [5, 5.41) is 3.26. The lowest BCUT2D eigenvalue weighted by molar-refractivity contribution is -0.127. The van der Waals surface area contributed by atoms with Crippen LogP contribution in [0.1, 0.15) is 49.7 Å². The van der Waals surface area contributed by atoms with Crippen molar-refractivity contribution in [3.8, 4) is 5.75 Å². The van der Waals surface area contributed by atoms with Gasteiger partial charge in [-0.25, -0.2) is 0 Å². The van der Waals surface area contributed by atoms with E-state index in [-0.39, 0.29) is 11.9 Å². The molecule has 0 saturated heterocycles. The van der Waals surface area contributed by atoms with Gasteiger partial charge in [-0.3, -0.25) is 4.79 Å². The predicted octanol–water partition coefficient (Wildman–Crippen LogP) is 2.67. The fourth-order valence-electron chi connectivity index (χ4n) is 3.92. The third-order valence-corrected chi connectivity index (χ3v) is 5.61. The molecule has 126 valence electrons. The van der Waals surface area contributed by atoms with Crippen LogP contribution in [-0.4, -0.2) is 25.6 Å². The Bertz CT molecular complexity index is 575. The second-order valence-corrected chi connectivity index (χ2v) is 7.13. The van der Waals surface area contributed by atoms with Crippen LogP contribution in [0.4, 0.5) is 0 Å². The summed E-state index contributed by atoms with van der Waals surface area (Å²) in [6.07, 6.45) is 6.39. The number of methoxy groups -OCH3 is 1. The molecule has 1 aromatic carbocycles. The second-order valence-electron chi connectivity index (χ2n) is 7.13. The molecular weight excluding hydrogens is 288 g/mol. The van der Waals surface area contributed by atoms with Crippen LogP contribution in [0.2, 0.25) is 0 Å². The van der Waals surface area contributed by atoms with Crippen LogP contribution < -0.4 is 15.8 Å². The van der Waals surface area contributed by atoms with Crippen molar-refractivity contribution in [2.45, 2.75) is 56.9 Å². The summed E-state index contributed by atoms with van der Waals surface area (Å²) in [4.78, 5) is 13.1. The number of carbonyl (C=O) groups excluding carboxylic acids is 1. The lowest BCUT2D eigenvalue weighted by Gasteiger charge is -2.31. The topological polar surface area (TPSA) is 64.3 Å². The molecule has 3 rings (SSSR count). The molecule has 2 fully saturated rings. The van der Waals surface area contributed by atoms with Gasteiger partial charge in [0.05, 0.1) is 12.5 Å². The molecule has 1 amide bonds. The maximum absolute atomic E-state index is 13.1. The van der Waals surface area contributed by atoms with E-state index >= 15 is 0 Å². The zero-order chi connectivity index (χ0) is 16.4. The van der Waals surface area contributed by atoms with Crippen LogP contribution in [0.5, 0.6) is 5.75 Å². The molecule has 1 aromatic rings. The maximum atomic E-state index is 13.1. The largest absolute Gasteiger partial charge is 0.496 e. The van der Waals surface area contributed by atoms with E-state index in [0.717, 1.165) is 42.6 Å². The van der Waals surface area contributed by atoms with E-state index in [4.69, 9.17) is 10.5 Å². The molecule has 2 aliphatic carbocycles. The Labute approximate surface area is 138 Å². The molecule has 0 aromatic heterocycles. The van der Waals surface area contributed by atoms with Gasteiger partial charge in [0.25, 0.3) is 0 Å². The minimum Gasteiger partial charge on any atom is -0.496 e. The first-order valence-electron chi connectivity index (χ1n) is 8.77. The molecule has 2 saturated carbocycles. The summed E-state index contributed by atoms with van der Waals surface area (Å²) in [6, 6.07) is 6.34. The first-order chi connectivity index (χ1) is 11.1. The van der Waals surface area contributed by atoms with Gasteiger partial charge in [0.2, 0.25) is 5.91 Å². The van der Waals surface area contributed by atoms with Crippen molar-refractivity contribution in [2.75, 3.05) is 13.7 Å². The van der Waals surface area contributed by atoms with E-state index in [1.54, 1.807) is 7.11 Å². The molecule has 0 heterocycles. The van der Waals surface area contributed by atoms with Crippen molar-refractivity contribution >= 4 is 5.91 Å². The standard InChI is InChI=1S/C19H28N2O2/c1-13-5-8-15(11-17(13)23-2)19(9-3-4-10-19)18(22)21-16(12-20)14-6-7-14/h5,8,11,14,16H,3-4,6-7,9-10,12,20H2,1-2H3,(H,21,22). The second kappa shape index (κ2) is 6.52. The minimum atomic E-state index is -0.413. The van der Waals surface area contributed by atoms with Gasteiger partial charge >= 0.3 is 0 Å². The summed E-state index contributed by atoms with van der Waals surface area (Å²) in [5.41, 5.74) is 7.64. The van der Waals surface area contributed by atoms with Crippen molar-refractivity contribution in [2.24, 2.45) is 11.7 Å². The third kappa shape index (κ3) is 3.09. The van der Waals surface area contributed by atoms with Gasteiger partial charge in [0.1, 0.15) is 5.75 Å². The van der Waals surface area contributed by atoms with Crippen molar-refractivity contribution in [1.82, 2.24) is 5.32 Å². The minimum absolute atomic E-state index is 0.132. The number of benzene rings is 1. The van der Waals surface area contributed by atoms with Gasteiger partial charge in [-0.05, 0) is 55.7 Å². The molecule has 0 spiro atoms. The number of hydrogen-bond donors (Lipinski definition) is 2. The van der Waals surface area contributed by atoms with Crippen LogP contribution in [-0.2, 0) is 10.2 Å². The first-order valence-corrected chi connectivity index (χ1v) is 8.77. The predicted molar refractivity (Wildman–Crippen MR) is 91.6 cm³/mol. The summed E-state index contributed by atoms with van der Waals surface area (Å²) in [5.74, 6) is 1.59. The van der Waals surface area contributed by atoms with E-state index in [2.05, 4.69) is 23.5 Å². The smallest absolute Gasteiger partial charge is 0.230 e. The summed E-state index contributed by atoms with van der Waals surface area (Å²) >= 11 is 0. The van der Waals surface area contributed by atoms with Crippen molar-refractivity contribution in [3.05, 3.63) is 29.3 Å². The molecule has 0 radical (unpaired) electrons. The lowest BCUT2D eigenvalue weighted by atomic mass is 9.77. The molecule has 1 unspecified atom stereocenters. The highest BCUT2D eigenvalue weighted by Gasteiger charge is 2.44. The van der Waals surface area contributed by atoms with Crippen molar-refractivity contribution in [1.29, 1.82) is 0 Å². The Morgan fingerprint density at radius 1 is 1.39 bits per heavy atom. The van der Waals surface area contributed by atoms with E-state index in [1.807, 2.05) is 6.92 Å². The van der Waals surface area contributed by atoms with Gasteiger partial charge in [-0.1, -0.05) is 25.0 Å². The molecule has 0 bridgehead atoms. The number of rotatable bonds is 6. The average molecular weight is 316 g/mol. The summed E-state index contributed by atoms with van der Waals surface area (Å²) < 4.78 is 5.47. The Morgan fingerprint density at radius 2 is 2.09 bits per heavy atom.